The van der Waals surface area contributed by atoms with Crippen molar-refractivity contribution in [3.8, 4) is 22.8 Å². The molecule has 0 radical (unpaired) electrons. The van der Waals surface area contributed by atoms with Crippen LogP contribution in [0.3, 0.4) is 0 Å². The SMILES string of the molecule is CCOc1ccc(-c2cn3cc(F)ccc3n2)cc1OCC. The molecule has 0 bridgehead atoms. The van der Waals surface area contributed by atoms with E-state index in [-0.39, 0.29) is 5.82 Å². The Morgan fingerprint density at radius 2 is 1.77 bits per heavy atom. The van der Waals surface area contributed by atoms with E-state index in [1.54, 1.807) is 16.7 Å². The Kier molecular flexibility index (Phi) is 3.96. The number of ether oxygens (including phenoxy) is 2. The first-order valence-corrected chi connectivity index (χ1v) is 7.25. The van der Waals surface area contributed by atoms with Crippen molar-refractivity contribution in [2.45, 2.75) is 13.8 Å². The highest BCUT2D eigenvalue weighted by Gasteiger charge is 2.10. The van der Waals surface area contributed by atoms with Crippen molar-refractivity contribution >= 4 is 5.65 Å². The number of imidazole rings is 1. The van der Waals surface area contributed by atoms with Gasteiger partial charge in [-0.05, 0) is 44.2 Å². The Morgan fingerprint density at radius 3 is 2.55 bits per heavy atom. The second kappa shape index (κ2) is 6.05. The molecule has 0 spiro atoms. The van der Waals surface area contributed by atoms with Gasteiger partial charge < -0.3 is 13.9 Å². The third-order valence-electron chi connectivity index (χ3n) is 3.25. The summed E-state index contributed by atoms with van der Waals surface area (Å²) in [5, 5.41) is 0. The van der Waals surface area contributed by atoms with Crippen LogP contribution in [0.25, 0.3) is 16.9 Å². The van der Waals surface area contributed by atoms with Gasteiger partial charge in [0.2, 0.25) is 0 Å². The van der Waals surface area contributed by atoms with Crippen LogP contribution in [-0.2, 0) is 0 Å². The molecule has 114 valence electrons. The fourth-order valence-corrected chi connectivity index (χ4v) is 2.31. The van der Waals surface area contributed by atoms with Gasteiger partial charge in [0, 0.05) is 18.0 Å². The molecule has 0 amide bonds. The van der Waals surface area contributed by atoms with Crippen molar-refractivity contribution in [3.05, 3.63) is 48.5 Å². The maximum Gasteiger partial charge on any atom is 0.161 e. The van der Waals surface area contributed by atoms with E-state index in [4.69, 9.17) is 9.47 Å². The van der Waals surface area contributed by atoms with Crippen LogP contribution in [0.1, 0.15) is 13.8 Å². The summed E-state index contributed by atoms with van der Waals surface area (Å²) in [6.45, 7) is 4.99. The van der Waals surface area contributed by atoms with Gasteiger partial charge in [0.25, 0.3) is 0 Å². The molecule has 1 aromatic carbocycles. The zero-order valence-corrected chi connectivity index (χ0v) is 12.5. The number of hydrogen-bond acceptors (Lipinski definition) is 3. The predicted octanol–water partition coefficient (Wildman–Crippen LogP) is 3.94. The summed E-state index contributed by atoms with van der Waals surface area (Å²) in [7, 11) is 0. The van der Waals surface area contributed by atoms with Gasteiger partial charge in [0.1, 0.15) is 11.5 Å². The summed E-state index contributed by atoms with van der Waals surface area (Å²) in [6.07, 6.45) is 3.20. The lowest BCUT2D eigenvalue weighted by Gasteiger charge is -2.11. The Morgan fingerprint density at radius 1 is 1.00 bits per heavy atom. The predicted molar refractivity (Wildman–Crippen MR) is 82.9 cm³/mol. The van der Waals surface area contributed by atoms with Gasteiger partial charge in [-0.25, -0.2) is 9.37 Å². The Labute approximate surface area is 128 Å². The lowest BCUT2D eigenvalue weighted by molar-refractivity contribution is 0.288. The number of halogens is 1. The minimum atomic E-state index is -0.293. The topological polar surface area (TPSA) is 35.8 Å². The molecule has 0 aliphatic rings. The normalized spacial score (nSPS) is 10.9. The van der Waals surface area contributed by atoms with Gasteiger partial charge in [-0.1, -0.05) is 0 Å². The Hall–Kier alpha value is -2.56. The Balaban J connectivity index is 2.03. The number of benzene rings is 1. The highest BCUT2D eigenvalue weighted by molar-refractivity contribution is 5.66. The van der Waals surface area contributed by atoms with Crippen LogP contribution < -0.4 is 9.47 Å². The first-order valence-electron chi connectivity index (χ1n) is 7.25. The molecule has 4 nitrogen and oxygen atoms in total. The zero-order chi connectivity index (χ0) is 15.5. The quantitative estimate of drug-likeness (QED) is 0.716. The minimum Gasteiger partial charge on any atom is -0.490 e. The van der Waals surface area contributed by atoms with Gasteiger partial charge in [0.15, 0.2) is 11.5 Å². The molecular formula is C17H17FN2O2. The van der Waals surface area contributed by atoms with E-state index in [0.717, 1.165) is 11.3 Å². The van der Waals surface area contributed by atoms with Crippen LogP contribution in [0.5, 0.6) is 11.5 Å². The summed E-state index contributed by atoms with van der Waals surface area (Å²) in [5.74, 6) is 1.10. The number of aromatic nitrogens is 2. The van der Waals surface area contributed by atoms with E-state index in [2.05, 4.69) is 4.98 Å². The van der Waals surface area contributed by atoms with E-state index in [9.17, 15) is 4.39 Å². The van der Waals surface area contributed by atoms with E-state index in [1.807, 2.05) is 32.0 Å². The number of fused-ring (bicyclic) bond motifs is 1. The molecule has 0 fully saturated rings. The number of pyridine rings is 1. The number of nitrogens with zero attached hydrogens (tertiary/aromatic N) is 2. The second-order valence-electron chi connectivity index (χ2n) is 4.77. The average molecular weight is 300 g/mol. The third-order valence-corrected chi connectivity index (χ3v) is 3.25. The van der Waals surface area contributed by atoms with Gasteiger partial charge in [-0.15, -0.1) is 0 Å². The Bertz CT molecular complexity index is 798. The van der Waals surface area contributed by atoms with Crippen molar-refractivity contribution in [3.63, 3.8) is 0 Å². The summed E-state index contributed by atoms with van der Waals surface area (Å²) in [6, 6.07) is 8.74. The van der Waals surface area contributed by atoms with Crippen LogP contribution >= 0.6 is 0 Å². The molecule has 2 heterocycles. The highest BCUT2D eigenvalue weighted by Crippen LogP contribution is 2.32. The van der Waals surface area contributed by atoms with Crippen LogP contribution in [0.2, 0.25) is 0 Å². The molecule has 0 aliphatic heterocycles. The molecule has 2 aromatic heterocycles. The van der Waals surface area contributed by atoms with Crippen molar-refractivity contribution in [2.75, 3.05) is 13.2 Å². The maximum absolute atomic E-state index is 13.3. The molecule has 0 aliphatic carbocycles. The van der Waals surface area contributed by atoms with E-state index < -0.39 is 0 Å². The molecule has 3 aromatic rings. The van der Waals surface area contributed by atoms with Crippen LogP contribution in [-0.4, -0.2) is 22.6 Å². The van der Waals surface area contributed by atoms with Gasteiger partial charge >= 0.3 is 0 Å². The molecule has 3 rings (SSSR count). The molecule has 0 N–H and O–H groups in total. The smallest absolute Gasteiger partial charge is 0.161 e. The van der Waals surface area contributed by atoms with Crippen LogP contribution in [0.15, 0.2) is 42.7 Å². The minimum absolute atomic E-state index is 0.293. The summed E-state index contributed by atoms with van der Waals surface area (Å²) >= 11 is 0. The number of rotatable bonds is 5. The fourth-order valence-electron chi connectivity index (χ4n) is 2.31. The maximum atomic E-state index is 13.3. The average Bonchev–Trinajstić information content (AvgIpc) is 2.92. The lowest BCUT2D eigenvalue weighted by Crippen LogP contribution is -1.98. The van der Waals surface area contributed by atoms with Crippen molar-refractivity contribution in [1.82, 2.24) is 9.38 Å². The molecule has 22 heavy (non-hydrogen) atoms. The van der Waals surface area contributed by atoms with E-state index in [0.29, 0.717) is 30.4 Å². The lowest BCUT2D eigenvalue weighted by atomic mass is 10.1. The largest absolute Gasteiger partial charge is 0.490 e. The van der Waals surface area contributed by atoms with Gasteiger partial charge in [0.05, 0.1) is 18.9 Å². The summed E-state index contributed by atoms with van der Waals surface area (Å²) in [5.41, 5.74) is 2.36. The second-order valence-corrected chi connectivity index (χ2v) is 4.77. The summed E-state index contributed by atoms with van der Waals surface area (Å²) in [4.78, 5) is 4.50. The zero-order valence-electron chi connectivity index (χ0n) is 12.5. The van der Waals surface area contributed by atoms with Crippen molar-refractivity contribution in [2.24, 2.45) is 0 Å². The first kappa shape index (κ1) is 14.4. The highest BCUT2D eigenvalue weighted by atomic mass is 19.1. The molecule has 0 saturated carbocycles. The fraction of sp³-hybridized carbons (Fsp3) is 0.235. The monoisotopic (exact) mass is 300 g/mol. The van der Waals surface area contributed by atoms with Crippen molar-refractivity contribution in [1.29, 1.82) is 0 Å². The van der Waals surface area contributed by atoms with E-state index >= 15 is 0 Å². The van der Waals surface area contributed by atoms with Crippen LogP contribution in [0.4, 0.5) is 4.39 Å². The molecule has 0 atom stereocenters. The van der Waals surface area contributed by atoms with Gasteiger partial charge in [-0.2, -0.15) is 0 Å². The number of hydrogen-bond donors (Lipinski definition) is 0. The molecule has 0 saturated heterocycles. The van der Waals surface area contributed by atoms with Crippen molar-refractivity contribution < 1.29 is 13.9 Å². The van der Waals surface area contributed by atoms with Crippen LogP contribution in [0, 0.1) is 5.82 Å². The van der Waals surface area contributed by atoms with E-state index in [1.165, 1.54) is 12.3 Å². The summed E-state index contributed by atoms with van der Waals surface area (Å²) < 4.78 is 26.1. The standard InChI is InChI=1S/C17H17FN2O2/c1-3-21-15-7-5-12(9-16(15)22-4-2)14-11-20-10-13(18)6-8-17(20)19-14/h5-11H,3-4H2,1-2H3. The first-order chi connectivity index (χ1) is 10.7. The molecule has 0 unspecified atom stereocenters. The molecular weight excluding hydrogens is 283 g/mol. The van der Waals surface area contributed by atoms with Gasteiger partial charge in [-0.3, -0.25) is 0 Å². The third kappa shape index (κ3) is 2.74. The molecule has 5 heteroatoms.